The predicted molar refractivity (Wildman–Crippen MR) is 141 cm³/mol. The zero-order chi connectivity index (χ0) is 26.8. The van der Waals surface area contributed by atoms with Crippen molar-refractivity contribution in [2.24, 2.45) is 23.5 Å². The number of halogens is 3. The second-order valence-corrected chi connectivity index (χ2v) is 10.6. The number of likely N-dealkylation sites (tertiary alicyclic amines) is 1. The first kappa shape index (κ1) is 29.1. The van der Waals surface area contributed by atoms with E-state index in [0.29, 0.717) is 37.7 Å². The highest BCUT2D eigenvalue weighted by molar-refractivity contribution is 5.94. The standard InChI is InChI=1S/C27H34F2N4O5.ClH/c1-15(30)23-22(24(34)31-13-16-8-10-33(11-9-16)26(35)18-4-5-18)32-25(38-23)19-6-7-20(37-27(28)29)21(12-19)36-14-17-2-3-17;/h6-7,12,15-18,27H,2-5,8-11,13-14,30H2,1H3,(H,31,34);1H/t15-;/m0./s1. The van der Waals surface area contributed by atoms with E-state index in [1.807, 2.05) is 4.90 Å². The van der Waals surface area contributed by atoms with Crippen LogP contribution in [0.15, 0.2) is 22.6 Å². The number of rotatable bonds is 11. The number of aromatic nitrogens is 1. The Kier molecular flexibility index (Phi) is 9.32. The van der Waals surface area contributed by atoms with Gasteiger partial charge in [0.05, 0.1) is 12.6 Å². The zero-order valence-corrected chi connectivity index (χ0v) is 22.7. The lowest BCUT2D eigenvalue weighted by molar-refractivity contribution is -0.133. The van der Waals surface area contributed by atoms with Crippen LogP contribution in [0.5, 0.6) is 11.5 Å². The first-order chi connectivity index (χ1) is 18.3. The van der Waals surface area contributed by atoms with Crippen molar-refractivity contribution >= 4 is 24.2 Å². The number of nitrogens with two attached hydrogens (primary N) is 1. The van der Waals surface area contributed by atoms with Gasteiger partial charge < -0.3 is 29.8 Å². The molecule has 2 amide bonds. The molecule has 39 heavy (non-hydrogen) atoms. The molecule has 1 aromatic carbocycles. The summed E-state index contributed by atoms with van der Waals surface area (Å²) in [4.78, 5) is 31.7. The van der Waals surface area contributed by atoms with Gasteiger partial charge in [-0.25, -0.2) is 4.98 Å². The van der Waals surface area contributed by atoms with Crippen LogP contribution in [0.1, 0.15) is 67.7 Å². The minimum Gasteiger partial charge on any atom is -0.489 e. The molecular weight excluding hydrogens is 534 g/mol. The van der Waals surface area contributed by atoms with Crippen LogP contribution in [0.25, 0.3) is 11.5 Å². The number of benzene rings is 1. The van der Waals surface area contributed by atoms with Gasteiger partial charge in [-0.2, -0.15) is 8.78 Å². The topological polar surface area (TPSA) is 120 Å². The molecule has 9 nitrogen and oxygen atoms in total. The fraction of sp³-hybridized carbons (Fsp3) is 0.593. The average Bonchev–Trinajstić information content (AvgIpc) is 3.84. The summed E-state index contributed by atoms with van der Waals surface area (Å²) in [5, 5.41) is 2.94. The van der Waals surface area contributed by atoms with Crippen molar-refractivity contribution in [2.75, 3.05) is 26.2 Å². The van der Waals surface area contributed by atoms with Crippen molar-refractivity contribution in [1.29, 1.82) is 0 Å². The van der Waals surface area contributed by atoms with E-state index in [2.05, 4.69) is 15.0 Å². The third-order valence-electron chi connectivity index (χ3n) is 7.26. The largest absolute Gasteiger partial charge is 0.489 e. The molecule has 0 radical (unpaired) electrons. The normalized spacial score (nSPS) is 18.4. The number of carbonyl (C=O) groups is 2. The van der Waals surface area contributed by atoms with Crippen LogP contribution in [0.3, 0.4) is 0 Å². The van der Waals surface area contributed by atoms with Gasteiger partial charge in [0.25, 0.3) is 5.91 Å². The molecule has 3 fully saturated rings. The lowest BCUT2D eigenvalue weighted by atomic mass is 9.96. The summed E-state index contributed by atoms with van der Waals surface area (Å²) in [7, 11) is 0. The van der Waals surface area contributed by atoms with Crippen LogP contribution in [0.4, 0.5) is 8.78 Å². The highest BCUT2D eigenvalue weighted by atomic mass is 35.5. The number of oxazole rings is 1. The molecule has 0 spiro atoms. The molecular formula is C27H35ClF2N4O5. The highest BCUT2D eigenvalue weighted by Crippen LogP contribution is 2.37. The van der Waals surface area contributed by atoms with Crippen LogP contribution < -0.4 is 20.5 Å². The number of amides is 2. The molecule has 3 N–H and O–H groups in total. The number of alkyl halides is 2. The zero-order valence-electron chi connectivity index (χ0n) is 21.9. The summed E-state index contributed by atoms with van der Waals surface area (Å²) in [6, 6.07) is 3.83. The predicted octanol–water partition coefficient (Wildman–Crippen LogP) is 4.55. The third-order valence-corrected chi connectivity index (χ3v) is 7.26. The van der Waals surface area contributed by atoms with E-state index in [-0.39, 0.29) is 59.0 Å². The molecule has 12 heteroatoms. The van der Waals surface area contributed by atoms with Gasteiger partial charge in [-0.05, 0) is 75.5 Å². The summed E-state index contributed by atoms with van der Waals surface area (Å²) in [6.07, 6.45) is 5.74. The van der Waals surface area contributed by atoms with Crippen molar-refractivity contribution in [3.63, 3.8) is 0 Å². The second-order valence-electron chi connectivity index (χ2n) is 10.6. The fourth-order valence-electron chi connectivity index (χ4n) is 4.63. The van der Waals surface area contributed by atoms with Gasteiger partial charge in [-0.15, -0.1) is 12.4 Å². The van der Waals surface area contributed by atoms with Crippen LogP contribution in [-0.4, -0.2) is 54.6 Å². The van der Waals surface area contributed by atoms with Crippen molar-refractivity contribution in [3.8, 4) is 23.0 Å². The Morgan fingerprint density at radius 3 is 2.46 bits per heavy atom. The number of nitrogens with one attached hydrogen (secondary N) is 1. The number of hydrogen-bond donors (Lipinski definition) is 2. The Morgan fingerprint density at radius 1 is 1.13 bits per heavy atom. The van der Waals surface area contributed by atoms with Gasteiger partial charge >= 0.3 is 6.61 Å². The van der Waals surface area contributed by atoms with Crippen molar-refractivity contribution in [1.82, 2.24) is 15.2 Å². The molecule has 1 atom stereocenters. The molecule has 2 saturated carbocycles. The van der Waals surface area contributed by atoms with Gasteiger partial charge in [0.2, 0.25) is 11.8 Å². The number of carbonyl (C=O) groups excluding carboxylic acids is 2. The Balaban J connectivity index is 0.00000353. The maximum Gasteiger partial charge on any atom is 0.387 e. The van der Waals surface area contributed by atoms with E-state index in [1.165, 1.54) is 18.2 Å². The first-order valence-corrected chi connectivity index (χ1v) is 13.3. The van der Waals surface area contributed by atoms with E-state index >= 15 is 0 Å². The molecule has 2 aliphatic carbocycles. The van der Waals surface area contributed by atoms with Crippen LogP contribution in [0.2, 0.25) is 0 Å². The molecule has 3 aliphatic rings. The van der Waals surface area contributed by atoms with Crippen LogP contribution in [0, 0.1) is 17.8 Å². The fourth-order valence-corrected chi connectivity index (χ4v) is 4.63. The second kappa shape index (κ2) is 12.5. The Hall–Kier alpha value is -2.92. The quantitative estimate of drug-likeness (QED) is 0.408. The number of nitrogens with zero attached hydrogens (tertiary/aromatic N) is 2. The summed E-state index contributed by atoms with van der Waals surface area (Å²) < 4.78 is 42.0. The highest BCUT2D eigenvalue weighted by Gasteiger charge is 2.35. The minimum atomic E-state index is -2.99. The van der Waals surface area contributed by atoms with Gasteiger partial charge in [-0.3, -0.25) is 9.59 Å². The Morgan fingerprint density at radius 2 is 1.85 bits per heavy atom. The number of hydrogen-bond acceptors (Lipinski definition) is 7. The maximum atomic E-state index is 13.1. The molecule has 214 valence electrons. The molecule has 1 saturated heterocycles. The lowest BCUT2D eigenvalue weighted by Crippen LogP contribution is -2.42. The van der Waals surface area contributed by atoms with Gasteiger partial charge in [0, 0.05) is 31.1 Å². The lowest BCUT2D eigenvalue weighted by Gasteiger charge is -2.32. The van der Waals surface area contributed by atoms with E-state index in [9.17, 15) is 18.4 Å². The summed E-state index contributed by atoms with van der Waals surface area (Å²) in [6.45, 7) is 0.996. The Labute approximate surface area is 232 Å². The monoisotopic (exact) mass is 568 g/mol. The summed E-state index contributed by atoms with van der Waals surface area (Å²) in [5.41, 5.74) is 6.61. The average molecular weight is 569 g/mol. The molecule has 2 aromatic rings. The number of ether oxygens (including phenoxy) is 2. The van der Waals surface area contributed by atoms with Gasteiger partial charge in [-0.1, -0.05) is 0 Å². The molecule has 0 unspecified atom stereocenters. The van der Waals surface area contributed by atoms with Crippen LogP contribution >= 0.6 is 12.4 Å². The third kappa shape index (κ3) is 7.39. The van der Waals surface area contributed by atoms with E-state index in [1.54, 1.807) is 6.92 Å². The smallest absolute Gasteiger partial charge is 0.387 e. The Bertz CT molecular complexity index is 1160. The summed E-state index contributed by atoms with van der Waals surface area (Å²) in [5.74, 6) is 1.21. The first-order valence-electron chi connectivity index (χ1n) is 13.3. The van der Waals surface area contributed by atoms with Crippen LogP contribution in [-0.2, 0) is 4.79 Å². The molecule has 1 aliphatic heterocycles. The van der Waals surface area contributed by atoms with E-state index in [4.69, 9.17) is 14.9 Å². The summed E-state index contributed by atoms with van der Waals surface area (Å²) >= 11 is 0. The number of piperidine rings is 1. The van der Waals surface area contributed by atoms with Crippen molar-refractivity contribution < 1.29 is 32.3 Å². The molecule has 1 aromatic heterocycles. The maximum absolute atomic E-state index is 13.1. The van der Waals surface area contributed by atoms with E-state index in [0.717, 1.165) is 38.5 Å². The molecule has 5 rings (SSSR count). The molecule has 0 bridgehead atoms. The van der Waals surface area contributed by atoms with E-state index < -0.39 is 18.6 Å². The van der Waals surface area contributed by atoms with Crippen molar-refractivity contribution in [3.05, 3.63) is 29.7 Å². The van der Waals surface area contributed by atoms with Crippen molar-refractivity contribution in [2.45, 2.75) is 58.1 Å². The van der Waals surface area contributed by atoms with Gasteiger partial charge in [0.15, 0.2) is 23.0 Å². The molecule has 2 heterocycles. The minimum absolute atomic E-state index is 0. The SMILES string of the molecule is C[C@H](N)c1oc(-c2ccc(OC(F)F)c(OCC3CC3)c2)nc1C(=O)NCC1CCN(C(=O)C2CC2)CC1.Cl. The van der Waals surface area contributed by atoms with Gasteiger partial charge in [0.1, 0.15) is 0 Å².